The summed E-state index contributed by atoms with van der Waals surface area (Å²) in [6, 6.07) is 26.2. The van der Waals surface area contributed by atoms with Gasteiger partial charge in [-0.25, -0.2) is 13.6 Å². The van der Waals surface area contributed by atoms with Gasteiger partial charge in [-0.05, 0) is 60.5 Å². The van der Waals surface area contributed by atoms with E-state index in [1.165, 1.54) is 24.3 Å². The topological polar surface area (TPSA) is 48.7 Å². The summed E-state index contributed by atoms with van der Waals surface area (Å²) in [5.41, 5.74) is 2.92. The Balaban J connectivity index is 1.33. The highest BCUT2D eigenvalue weighted by molar-refractivity contribution is 6.08. The Morgan fingerprint density at radius 1 is 0.816 bits per heavy atom. The van der Waals surface area contributed by atoms with E-state index in [1.807, 2.05) is 59.2 Å². The van der Waals surface area contributed by atoms with E-state index in [0.717, 1.165) is 16.8 Å². The van der Waals surface area contributed by atoms with E-state index < -0.39 is 17.2 Å². The molecule has 2 heterocycles. The molecule has 1 atom stereocenters. The number of para-hydroxylation sites is 1. The van der Waals surface area contributed by atoms with Crippen LogP contribution in [0.4, 0.5) is 19.3 Å². The van der Waals surface area contributed by atoms with Gasteiger partial charge in [-0.2, -0.15) is 0 Å². The molecule has 7 heteroatoms. The number of hydrogen-bond acceptors (Lipinski definition) is 2. The quantitative estimate of drug-likeness (QED) is 0.284. The van der Waals surface area contributed by atoms with Crippen LogP contribution < -0.4 is 4.90 Å². The van der Waals surface area contributed by atoms with Crippen molar-refractivity contribution in [2.45, 2.75) is 32.2 Å². The van der Waals surface area contributed by atoms with E-state index in [4.69, 9.17) is 0 Å². The second kappa shape index (κ2) is 9.26. The minimum Gasteiger partial charge on any atom is -0.386 e. The van der Waals surface area contributed by atoms with Crippen molar-refractivity contribution in [3.05, 3.63) is 114 Å². The number of halogens is 2. The Hall–Kier alpha value is -4.23. The second-order valence-corrected chi connectivity index (χ2v) is 10.2. The summed E-state index contributed by atoms with van der Waals surface area (Å²) in [4.78, 5) is 17.1. The molecule has 5 aromatic rings. The van der Waals surface area contributed by atoms with Crippen LogP contribution in [-0.2, 0) is 19.6 Å². The van der Waals surface area contributed by atoms with Gasteiger partial charge in [0.15, 0.2) is 0 Å². The lowest BCUT2D eigenvalue weighted by Gasteiger charge is -2.40. The number of aliphatic hydroxyl groups is 1. The first-order chi connectivity index (χ1) is 18.3. The molecule has 0 fully saturated rings. The van der Waals surface area contributed by atoms with Gasteiger partial charge >= 0.3 is 6.03 Å². The SMILES string of the molecule is CC(O)(CN1Cc2ccccc2N(Cc2ccccc2)C1=O)Cn1c2ccc(F)cc2c2cc(F)ccc21. The van der Waals surface area contributed by atoms with Crippen LogP contribution in [0.1, 0.15) is 18.1 Å². The maximum atomic E-state index is 14.1. The van der Waals surface area contributed by atoms with Gasteiger partial charge in [0.25, 0.3) is 0 Å². The van der Waals surface area contributed by atoms with Crippen molar-refractivity contribution >= 4 is 33.5 Å². The number of urea groups is 1. The molecule has 6 rings (SSSR count). The highest BCUT2D eigenvalue weighted by Gasteiger charge is 2.35. The number of carbonyl (C=O) groups excluding carboxylic acids is 1. The molecular formula is C31H27F2N3O2. The number of nitrogens with zero attached hydrogens (tertiary/aromatic N) is 3. The molecule has 1 unspecified atom stereocenters. The zero-order chi connectivity index (χ0) is 26.4. The smallest absolute Gasteiger partial charge is 0.325 e. The molecule has 4 aromatic carbocycles. The van der Waals surface area contributed by atoms with Crippen molar-refractivity contribution in [1.82, 2.24) is 9.47 Å². The van der Waals surface area contributed by atoms with E-state index >= 15 is 0 Å². The van der Waals surface area contributed by atoms with Crippen LogP contribution in [0.5, 0.6) is 0 Å². The number of fused-ring (bicyclic) bond motifs is 4. The summed E-state index contributed by atoms with van der Waals surface area (Å²) in [6.07, 6.45) is 0. The van der Waals surface area contributed by atoms with Crippen LogP contribution in [0.3, 0.4) is 0 Å². The molecule has 1 N–H and O–H groups in total. The molecule has 192 valence electrons. The molecule has 2 amide bonds. The van der Waals surface area contributed by atoms with E-state index in [-0.39, 0.29) is 19.1 Å². The fraction of sp³-hybridized carbons (Fsp3) is 0.194. The van der Waals surface area contributed by atoms with Crippen LogP contribution in [0.15, 0.2) is 91.0 Å². The number of benzene rings is 4. The van der Waals surface area contributed by atoms with E-state index in [2.05, 4.69) is 0 Å². The zero-order valence-corrected chi connectivity index (χ0v) is 20.9. The molecule has 5 nitrogen and oxygen atoms in total. The van der Waals surface area contributed by atoms with Gasteiger partial charge in [0.1, 0.15) is 11.6 Å². The summed E-state index contributed by atoms with van der Waals surface area (Å²) in [6.45, 7) is 2.69. The van der Waals surface area contributed by atoms with Crippen molar-refractivity contribution in [2.75, 3.05) is 11.4 Å². The number of anilines is 1. The Bertz CT molecular complexity index is 1600. The van der Waals surface area contributed by atoms with E-state index in [0.29, 0.717) is 34.9 Å². The maximum Gasteiger partial charge on any atom is 0.325 e. The number of hydrogen-bond donors (Lipinski definition) is 1. The Kier molecular flexibility index (Phi) is 5.88. The van der Waals surface area contributed by atoms with Gasteiger partial charge in [0.2, 0.25) is 0 Å². The first-order valence-electron chi connectivity index (χ1n) is 12.6. The van der Waals surface area contributed by atoms with Crippen LogP contribution in [0.2, 0.25) is 0 Å². The highest BCUT2D eigenvalue weighted by atomic mass is 19.1. The first-order valence-corrected chi connectivity index (χ1v) is 12.6. The normalized spacial score (nSPS) is 15.2. The van der Waals surface area contributed by atoms with Crippen molar-refractivity contribution in [1.29, 1.82) is 0 Å². The number of aromatic nitrogens is 1. The van der Waals surface area contributed by atoms with Crippen molar-refractivity contribution in [3.63, 3.8) is 0 Å². The van der Waals surface area contributed by atoms with Crippen LogP contribution in [-0.4, -0.2) is 32.8 Å². The monoisotopic (exact) mass is 511 g/mol. The molecule has 38 heavy (non-hydrogen) atoms. The maximum absolute atomic E-state index is 14.1. The summed E-state index contributed by atoms with van der Waals surface area (Å²) in [5.74, 6) is -0.827. The van der Waals surface area contributed by atoms with Crippen LogP contribution in [0.25, 0.3) is 21.8 Å². The summed E-state index contributed by atoms with van der Waals surface area (Å²) in [7, 11) is 0. The lowest BCUT2D eigenvalue weighted by molar-refractivity contribution is 0.0149. The predicted octanol–water partition coefficient (Wildman–Crippen LogP) is 6.47. The van der Waals surface area contributed by atoms with Crippen molar-refractivity contribution in [3.8, 4) is 0 Å². The molecule has 0 spiro atoms. The number of amides is 2. The van der Waals surface area contributed by atoms with Gasteiger partial charge < -0.3 is 14.6 Å². The van der Waals surface area contributed by atoms with Gasteiger partial charge in [0, 0.05) is 28.4 Å². The fourth-order valence-corrected chi connectivity index (χ4v) is 5.52. The molecule has 0 bridgehead atoms. The third kappa shape index (κ3) is 4.39. The standard InChI is InChI=1S/C31H27F2N3O2/c1-31(38,20-36-28-13-11-23(32)15-25(28)26-16-24(33)12-14-29(26)36)19-34-18-22-9-5-6-10-27(22)35(30(34)37)17-21-7-3-2-4-8-21/h2-16,38H,17-20H2,1H3. The summed E-state index contributed by atoms with van der Waals surface area (Å²) >= 11 is 0. The molecule has 1 aliphatic heterocycles. The zero-order valence-electron chi connectivity index (χ0n) is 20.9. The van der Waals surface area contributed by atoms with Crippen LogP contribution >= 0.6 is 0 Å². The van der Waals surface area contributed by atoms with Crippen molar-refractivity contribution < 1.29 is 18.7 Å². The Labute approximate surface area is 219 Å². The summed E-state index contributed by atoms with van der Waals surface area (Å²) < 4.78 is 30.0. The average Bonchev–Trinajstić information content (AvgIpc) is 3.18. The van der Waals surface area contributed by atoms with Gasteiger partial charge in [-0.1, -0.05) is 48.5 Å². The third-order valence-electron chi connectivity index (χ3n) is 7.15. The van der Waals surface area contributed by atoms with E-state index in [1.54, 1.807) is 28.9 Å². The molecule has 0 aliphatic carbocycles. The average molecular weight is 512 g/mol. The van der Waals surface area contributed by atoms with Gasteiger partial charge in [0.05, 0.1) is 30.9 Å². The number of β-amino-alcohol motifs (C(OH)–C–C–N with tert-alkyl or cyclic N) is 1. The largest absolute Gasteiger partial charge is 0.386 e. The third-order valence-corrected chi connectivity index (χ3v) is 7.15. The molecule has 0 saturated carbocycles. The molecule has 1 aromatic heterocycles. The molecule has 1 aliphatic rings. The fourth-order valence-electron chi connectivity index (χ4n) is 5.52. The van der Waals surface area contributed by atoms with Crippen molar-refractivity contribution in [2.24, 2.45) is 0 Å². The molecule has 0 radical (unpaired) electrons. The second-order valence-electron chi connectivity index (χ2n) is 10.2. The molecule has 0 saturated heterocycles. The van der Waals surface area contributed by atoms with Gasteiger partial charge in [-0.3, -0.25) is 4.90 Å². The van der Waals surface area contributed by atoms with Crippen LogP contribution in [0, 0.1) is 11.6 Å². The minimum absolute atomic E-state index is 0.0784. The predicted molar refractivity (Wildman–Crippen MR) is 145 cm³/mol. The van der Waals surface area contributed by atoms with Gasteiger partial charge in [-0.15, -0.1) is 0 Å². The van der Waals surface area contributed by atoms with E-state index in [9.17, 15) is 18.7 Å². The lowest BCUT2D eigenvalue weighted by Crippen LogP contribution is -2.52. The first kappa shape index (κ1) is 24.1. The molecular weight excluding hydrogens is 484 g/mol. The Morgan fingerprint density at radius 2 is 1.42 bits per heavy atom. The summed E-state index contributed by atoms with van der Waals surface area (Å²) in [5, 5.41) is 12.8. The minimum atomic E-state index is -1.33. The lowest BCUT2D eigenvalue weighted by atomic mass is 10.0. The number of carbonyl (C=O) groups is 1. The highest BCUT2D eigenvalue weighted by Crippen LogP contribution is 2.34. The Morgan fingerprint density at radius 3 is 2.08 bits per heavy atom. The number of rotatable bonds is 6.